The summed E-state index contributed by atoms with van der Waals surface area (Å²) in [4.78, 5) is 4.17. The van der Waals surface area contributed by atoms with Gasteiger partial charge in [0.1, 0.15) is 0 Å². The number of aliphatic imine (C=N–C) groups is 1. The van der Waals surface area contributed by atoms with Crippen LogP contribution in [-0.4, -0.2) is 12.5 Å². The number of hydrogen-bond donors (Lipinski definition) is 2. The first-order valence-corrected chi connectivity index (χ1v) is 6.31. The number of halogens is 3. The van der Waals surface area contributed by atoms with Gasteiger partial charge >= 0.3 is 0 Å². The maximum Gasteiger partial charge on any atom is 0.189 e. The lowest BCUT2D eigenvalue weighted by Crippen LogP contribution is -2.34. The monoisotopic (exact) mass is 401 g/mol. The van der Waals surface area contributed by atoms with Crippen molar-refractivity contribution in [1.82, 2.24) is 5.32 Å². The van der Waals surface area contributed by atoms with E-state index in [-0.39, 0.29) is 30.0 Å². The van der Waals surface area contributed by atoms with E-state index in [1.807, 2.05) is 13.0 Å². The van der Waals surface area contributed by atoms with E-state index in [1.165, 1.54) is 0 Å². The van der Waals surface area contributed by atoms with Crippen molar-refractivity contribution in [2.45, 2.75) is 26.3 Å². The number of benzene rings is 1. The quantitative estimate of drug-likeness (QED) is 0.455. The van der Waals surface area contributed by atoms with Crippen LogP contribution >= 0.6 is 47.2 Å². The number of nitrogens with zero attached hydrogens (tertiary/aromatic N) is 1. The Balaban J connectivity index is 0.00000289. The van der Waals surface area contributed by atoms with Crippen molar-refractivity contribution in [3.8, 4) is 0 Å². The molecule has 0 spiro atoms. The Labute approximate surface area is 135 Å². The van der Waals surface area contributed by atoms with Crippen molar-refractivity contribution in [2.75, 3.05) is 6.54 Å². The Morgan fingerprint density at radius 1 is 1.44 bits per heavy atom. The highest BCUT2D eigenvalue weighted by atomic mass is 127. The first-order chi connectivity index (χ1) is 8.04. The number of nitrogens with two attached hydrogens (primary N) is 1. The van der Waals surface area contributed by atoms with E-state index in [2.05, 4.69) is 17.2 Å². The molecular formula is C12H18Cl2IN3. The van der Waals surface area contributed by atoms with Crippen LogP contribution in [0.2, 0.25) is 10.0 Å². The highest BCUT2D eigenvalue weighted by Crippen LogP contribution is 2.25. The summed E-state index contributed by atoms with van der Waals surface area (Å²) in [5.41, 5.74) is 6.70. The van der Waals surface area contributed by atoms with Crippen molar-refractivity contribution < 1.29 is 0 Å². The molecule has 1 aromatic rings. The molecule has 3 N–H and O–H groups in total. The van der Waals surface area contributed by atoms with Gasteiger partial charge in [-0.2, -0.15) is 0 Å². The van der Waals surface area contributed by atoms with Crippen molar-refractivity contribution in [1.29, 1.82) is 0 Å². The standard InChI is InChI=1S/C12H17Cl2N3.HI/c1-3-6-16-12(15)17-8(2)10-5-4-9(13)7-11(10)14;/h4-5,7-8H,3,6H2,1-2H3,(H3,15,16,17);1H. The van der Waals surface area contributed by atoms with E-state index in [0.29, 0.717) is 16.0 Å². The van der Waals surface area contributed by atoms with Crippen LogP contribution in [0.4, 0.5) is 0 Å². The molecule has 1 unspecified atom stereocenters. The predicted octanol–water partition coefficient (Wildman–Crippen LogP) is 3.99. The Morgan fingerprint density at radius 3 is 2.67 bits per heavy atom. The van der Waals surface area contributed by atoms with Gasteiger partial charge in [-0.15, -0.1) is 24.0 Å². The SMILES string of the molecule is CCCN=C(N)NC(C)c1ccc(Cl)cc1Cl.I. The molecule has 0 aliphatic rings. The average Bonchev–Trinajstić information content (AvgIpc) is 2.26. The summed E-state index contributed by atoms with van der Waals surface area (Å²) >= 11 is 11.9. The van der Waals surface area contributed by atoms with Gasteiger partial charge in [0.2, 0.25) is 0 Å². The number of guanidine groups is 1. The Bertz CT molecular complexity index is 410. The normalized spacial score (nSPS) is 12.8. The average molecular weight is 402 g/mol. The Kier molecular flexibility index (Phi) is 8.73. The van der Waals surface area contributed by atoms with Crippen molar-refractivity contribution in [3.63, 3.8) is 0 Å². The van der Waals surface area contributed by atoms with E-state index in [4.69, 9.17) is 28.9 Å². The zero-order valence-electron chi connectivity index (χ0n) is 10.4. The summed E-state index contributed by atoms with van der Waals surface area (Å²) in [6.07, 6.45) is 0.971. The lowest BCUT2D eigenvalue weighted by atomic mass is 10.1. The van der Waals surface area contributed by atoms with Crippen molar-refractivity contribution in [3.05, 3.63) is 33.8 Å². The summed E-state index contributed by atoms with van der Waals surface area (Å²) in [5, 5.41) is 4.34. The van der Waals surface area contributed by atoms with Gasteiger partial charge in [-0.1, -0.05) is 36.2 Å². The third kappa shape index (κ3) is 5.63. The van der Waals surface area contributed by atoms with Gasteiger partial charge in [-0.3, -0.25) is 4.99 Å². The molecule has 102 valence electrons. The number of nitrogens with one attached hydrogen (secondary N) is 1. The molecule has 0 amide bonds. The van der Waals surface area contributed by atoms with Gasteiger partial charge in [-0.05, 0) is 31.0 Å². The molecule has 0 heterocycles. The number of hydrogen-bond acceptors (Lipinski definition) is 1. The first-order valence-electron chi connectivity index (χ1n) is 5.56. The van der Waals surface area contributed by atoms with Gasteiger partial charge in [0.05, 0.1) is 6.04 Å². The third-order valence-corrected chi connectivity index (χ3v) is 2.86. The molecule has 0 aliphatic heterocycles. The minimum absolute atomic E-state index is 0. The topological polar surface area (TPSA) is 50.4 Å². The minimum Gasteiger partial charge on any atom is -0.370 e. The molecule has 0 aromatic heterocycles. The van der Waals surface area contributed by atoms with Gasteiger partial charge < -0.3 is 11.1 Å². The van der Waals surface area contributed by atoms with E-state index in [9.17, 15) is 0 Å². The second-order valence-corrected chi connectivity index (χ2v) is 4.64. The second-order valence-electron chi connectivity index (χ2n) is 3.80. The highest BCUT2D eigenvalue weighted by Gasteiger charge is 2.10. The molecule has 0 saturated heterocycles. The van der Waals surface area contributed by atoms with Crippen LogP contribution in [0, 0.1) is 0 Å². The summed E-state index contributed by atoms with van der Waals surface area (Å²) in [5.74, 6) is 0.436. The van der Waals surface area contributed by atoms with E-state index in [0.717, 1.165) is 18.5 Å². The fraction of sp³-hybridized carbons (Fsp3) is 0.417. The minimum atomic E-state index is 0. The first kappa shape index (κ1) is 17.8. The summed E-state index contributed by atoms with van der Waals surface area (Å²) in [7, 11) is 0. The zero-order valence-corrected chi connectivity index (χ0v) is 14.3. The van der Waals surface area contributed by atoms with Crippen LogP contribution in [0.25, 0.3) is 0 Å². The molecular weight excluding hydrogens is 384 g/mol. The van der Waals surface area contributed by atoms with Crippen LogP contribution in [0.3, 0.4) is 0 Å². The maximum absolute atomic E-state index is 6.11. The van der Waals surface area contributed by atoms with Gasteiger partial charge in [0.15, 0.2) is 5.96 Å². The molecule has 3 nitrogen and oxygen atoms in total. The molecule has 6 heteroatoms. The Hall–Kier alpha value is -0.200. The van der Waals surface area contributed by atoms with Gasteiger partial charge in [0, 0.05) is 16.6 Å². The van der Waals surface area contributed by atoms with E-state index in [1.54, 1.807) is 12.1 Å². The fourth-order valence-corrected chi connectivity index (χ4v) is 2.00. The zero-order chi connectivity index (χ0) is 12.8. The maximum atomic E-state index is 6.11. The molecule has 0 saturated carbocycles. The van der Waals surface area contributed by atoms with Crippen LogP contribution in [-0.2, 0) is 0 Å². The van der Waals surface area contributed by atoms with Crippen molar-refractivity contribution >= 4 is 53.1 Å². The largest absolute Gasteiger partial charge is 0.370 e. The number of rotatable bonds is 4. The third-order valence-electron chi connectivity index (χ3n) is 2.30. The lowest BCUT2D eigenvalue weighted by molar-refractivity contribution is 0.707. The van der Waals surface area contributed by atoms with Crippen LogP contribution in [0.15, 0.2) is 23.2 Å². The molecule has 18 heavy (non-hydrogen) atoms. The molecule has 0 fully saturated rings. The lowest BCUT2D eigenvalue weighted by Gasteiger charge is -2.16. The molecule has 0 bridgehead atoms. The van der Waals surface area contributed by atoms with E-state index < -0.39 is 0 Å². The molecule has 1 atom stereocenters. The van der Waals surface area contributed by atoms with Crippen LogP contribution in [0.5, 0.6) is 0 Å². The molecule has 0 radical (unpaired) electrons. The summed E-state index contributed by atoms with van der Waals surface area (Å²) in [6.45, 7) is 4.75. The second kappa shape index (κ2) is 8.82. The van der Waals surface area contributed by atoms with Crippen molar-refractivity contribution in [2.24, 2.45) is 10.7 Å². The van der Waals surface area contributed by atoms with E-state index >= 15 is 0 Å². The molecule has 1 rings (SSSR count). The van der Waals surface area contributed by atoms with Gasteiger partial charge in [0.25, 0.3) is 0 Å². The van der Waals surface area contributed by atoms with Crippen LogP contribution < -0.4 is 11.1 Å². The molecule has 0 aliphatic carbocycles. The fourth-order valence-electron chi connectivity index (χ4n) is 1.43. The summed E-state index contributed by atoms with van der Waals surface area (Å²) < 4.78 is 0. The Morgan fingerprint density at radius 2 is 2.11 bits per heavy atom. The highest BCUT2D eigenvalue weighted by molar-refractivity contribution is 14.0. The smallest absolute Gasteiger partial charge is 0.189 e. The van der Waals surface area contributed by atoms with Gasteiger partial charge in [-0.25, -0.2) is 0 Å². The van der Waals surface area contributed by atoms with Crippen LogP contribution in [0.1, 0.15) is 31.9 Å². The summed E-state index contributed by atoms with van der Waals surface area (Å²) in [6, 6.07) is 5.41. The predicted molar refractivity (Wildman–Crippen MR) is 90.2 cm³/mol. The molecule has 1 aromatic carbocycles.